The highest BCUT2D eigenvalue weighted by molar-refractivity contribution is 7.17. The molecule has 1 aliphatic rings. The molecule has 3 aromatic rings. The first-order chi connectivity index (χ1) is 16.6. The standard InChI is InChI=1S/C26H28N2O5S.ClH/c1-3-32-26(30)24-19-13-14-28(15-18-9-5-4-6-10-18)16-22(19)34-25(24)27-23(29)17-33-21-12-8-7-11-20(21)31-2;/h4-12H,3,13-17H2,1-2H3,(H,27,29);1H. The van der Waals surface area contributed by atoms with Crippen molar-refractivity contribution < 1.29 is 23.8 Å². The monoisotopic (exact) mass is 516 g/mol. The molecule has 4 rings (SSSR count). The zero-order valence-corrected chi connectivity index (χ0v) is 21.4. The Kier molecular flexibility index (Phi) is 9.54. The summed E-state index contributed by atoms with van der Waals surface area (Å²) in [6.45, 7) is 4.22. The average Bonchev–Trinajstić information content (AvgIpc) is 3.20. The number of para-hydroxylation sites is 2. The Morgan fingerprint density at radius 3 is 2.49 bits per heavy atom. The zero-order valence-electron chi connectivity index (χ0n) is 19.7. The number of esters is 1. The fourth-order valence-electron chi connectivity index (χ4n) is 3.98. The molecule has 35 heavy (non-hydrogen) atoms. The van der Waals surface area contributed by atoms with E-state index in [9.17, 15) is 9.59 Å². The molecule has 1 amide bonds. The Bertz CT molecular complexity index is 1150. The van der Waals surface area contributed by atoms with E-state index >= 15 is 0 Å². The molecule has 186 valence electrons. The van der Waals surface area contributed by atoms with Crippen molar-refractivity contribution in [1.29, 1.82) is 0 Å². The zero-order chi connectivity index (χ0) is 23.9. The number of methoxy groups -OCH3 is 1. The normalized spacial score (nSPS) is 12.7. The number of thiophene rings is 1. The van der Waals surface area contributed by atoms with Gasteiger partial charge in [-0.1, -0.05) is 42.5 Å². The van der Waals surface area contributed by atoms with Crippen molar-refractivity contribution in [3.8, 4) is 11.5 Å². The van der Waals surface area contributed by atoms with E-state index in [0.29, 0.717) is 22.1 Å². The van der Waals surface area contributed by atoms with E-state index < -0.39 is 5.97 Å². The minimum Gasteiger partial charge on any atom is -0.493 e. The predicted molar refractivity (Wildman–Crippen MR) is 139 cm³/mol. The van der Waals surface area contributed by atoms with Crippen LogP contribution in [-0.2, 0) is 29.0 Å². The lowest BCUT2D eigenvalue weighted by atomic mass is 10.0. The Labute approximate surface area is 215 Å². The molecule has 1 N–H and O–H groups in total. The Morgan fingerprint density at radius 2 is 1.77 bits per heavy atom. The van der Waals surface area contributed by atoms with Crippen LogP contribution in [0.1, 0.15) is 33.3 Å². The lowest BCUT2D eigenvalue weighted by Crippen LogP contribution is -2.30. The van der Waals surface area contributed by atoms with Crippen molar-refractivity contribution in [1.82, 2.24) is 4.90 Å². The minimum atomic E-state index is -0.405. The Morgan fingerprint density at radius 1 is 1.06 bits per heavy atom. The number of nitrogens with zero attached hydrogens (tertiary/aromatic N) is 1. The topological polar surface area (TPSA) is 77.1 Å². The van der Waals surface area contributed by atoms with Crippen molar-refractivity contribution in [2.45, 2.75) is 26.4 Å². The minimum absolute atomic E-state index is 0. The molecule has 0 spiro atoms. The van der Waals surface area contributed by atoms with Crippen LogP contribution in [0.3, 0.4) is 0 Å². The highest BCUT2D eigenvalue weighted by Crippen LogP contribution is 2.38. The molecule has 0 saturated carbocycles. The maximum Gasteiger partial charge on any atom is 0.341 e. The Hall–Kier alpha value is -3.07. The van der Waals surface area contributed by atoms with Gasteiger partial charge in [0, 0.05) is 24.5 Å². The largest absolute Gasteiger partial charge is 0.493 e. The molecule has 2 heterocycles. The van der Waals surface area contributed by atoms with E-state index in [4.69, 9.17) is 14.2 Å². The molecule has 0 aliphatic carbocycles. The quantitative estimate of drug-likeness (QED) is 0.406. The van der Waals surface area contributed by atoms with Crippen molar-refractivity contribution in [2.24, 2.45) is 0 Å². The van der Waals surface area contributed by atoms with Gasteiger partial charge in [-0.3, -0.25) is 9.69 Å². The molecule has 0 saturated heterocycles. The van der Waals surface area contributed by atoms with Gasteiger partial charge >= 0.3 is 5.97 Å². The number of rotatable bonds is 9. The number of carbonyl (C=O) groups excluding carboxylic acids is 2. The van der Waals surface area contributed by atoms with Crippen molar-refractivity contribution in [3.05, 3.63) is 76.2 Å². The van der Waals surface area contributed by atoms with E-state index in [2.05, 4.69) is 22.3 Å². The first-order valence-corrected chi connectivity index (χ1v) is 12.0. The summed E-state index contributed by atoms with van der Waals surface area (Å²) in [5.74, 6) is 0.272. The maximum atomic E-state index is 12.8. The maximum absolute atomic E-state index is 12.8. The third-order valence-electron chi connectivity index (χ3n) is 5.55. The summed E-state index contributed by atoms with van der Waals surface area (Å²) in [5.41, 5.74) is 2.68. The number of carbonyl (C=O) groups is 2. The molecule has 1 aromatic heterocycles. The molecular formula is C26H29ClN2O5S. The molecule has 2 aromatic carbocycles. The SMILES string of the molecule is CCOC(=O)c1c(NC(=O)COc2ccccc2OC)sc2c1CCN(Cc1ccccc1)C2.Cl. The van der Waals surface area contributed by atoms with E-state index in [-0.39, 0.29) is 31.5 Å². The number of hydrogen-bond donors (Lipinski definition) is 1. The Balaban J connectivity index is 0.00000342. The number of anilines is 1. The average molecular weight is 517 g/mol. The molecule has 7 nitrogen and oxygen atoms in total. The van der Waals surface area contributed by atoms with Gasteiger partial charge in [-0.25, -0.2) is 4.79 Å². The summed E-state index contributed by atoms with van der Waals surface area (Å²) in [6.07, 6.45) is 0.723. The van der Waals surface area contributed by atoms with E-state index in [1.54, 1.807) is 26.2 Å². The van der Waals surface area contributed by atoms with Gasteiger partial charge in [-0.15, -0.1) is 23.7 Å². The first-order valence-electron chi connectivity index (χ1n) is 11.2. The van der Waals surface area contributed by atoms with Crippen LogP contribution in [0.5, 0.6) is 11.5 Å². The predicted octanol–water partition coefficient (Wildman–Crippen LogP) is 4.93. The van der Waals surface area contributed by atoms with E-state index in [1.165, 1.54) is 16.9 Å². The lowest BCUT2D eigenvalue weighted by molar-refractivity contribution is -0.118. The number of hydrogen-bond acceptors (Lipinski definition) is 7. The third kappa shape index (κ3) is 6.54. The second kappa shape index (κ2) is 12.6. The number of halogens is 1. The van der Waals surface area contributed by atoms with Crippen LogP contribution in [0.15, 0.2) is 54.6 Å². The van der Waals surface area contributed by atoms with Crippen molar-refractivity contribution in [3.63, 3.8) is 0 Å². The molecule has 0 bridgehead atoms. The van der Waals surface area contributed by atoms with Crippen molar-refractivity contribution >= 4 is 40.6 Å². The summed E-state index contributed by atoms with van der Waals surface area (Å²) in [4.78, 5) is 28.9. The van der Waals surface area contributed by atoms with Gasteiger partial charge in [0.25, 0.3) is 5.91 Å². The molecule has 0 unspecified atom stereocenters. The smallest absolute Gasteiger partial charge is 0.341 e. The van der Waals surface area contributed by atoms with Crippen LogP contribution in [0.25, 0.3) is 0 Å². The highest BCUT2D eigenvalue weighted by Gasteiger charge is 2.29. The molecular weight excluding hydrogens is 488 g/mol. The number of nitrogens with one attached hydrogen (secondary N) is 1. The van der Waals surface area contributed by atoms with Crippen LogP contribution in [0.4, 0.5) is 5.00 Å². The molecule has 0 radical (unpaired) electrons. The second-order valence-electron chi connectivity index (χ2n) is 7.86. The van der Waals surface area contributed by atoms with Gasteiger partial charge in [-0.05, 0) is 36.6 Å². The van der Waals surface area contributed by atoms with Gasteiger partial charge < -0.3 is 19.5 Å². The summed E-state index contributed by atoms with van der Waals surface area (Å²) >= 11 is 1.43. The van der Waals surface area contributed by atoms with Gasteiger partial charge in [0.05, 0.1) is 19.3 Å². The molecule has 1 aliphatic heterocycles. The third-order valence-corrected chi connectivity index (χ3v) is 6.68. The van der Waals surface area contributed by atoms with E-state index in [1.807, 2.05) is 30.3 Å². The number of benzene rings is 2. The molecule has 0 atom stereocenters. The van der Waals surface area contributed by atoms with Crippen LogP contribution in [0.2, 0.25) is 0 Å². The molecule has 9 heteroatoms. The number of ether oxygens (including phenoxy) is 3. The van der Waals surface area contributed by atoms with Gasteiger partial charge in [-0.2, -0.15) is 0 Å². The fourth-order valence-corrected chi connectivity index (χ4v) is 5.28. The van der Waals surface area contributed by atoms with Gasteiger partial charge in [0.2, 0.25) is 0 Å². The summed E-state index contributed by atoms with van der Waals surface area (Å²) in [6, 6.07) is 17.4. The summed E-state index contributed by atoms with van der Waals surface area (Å²) < 4.78 is 16.2. The van der Waals surface area contributed by atoms with Crippen LogP contribution >= 0.6 is 23.7 Å². The summed E-state index contributed by atoms with van der Waals surface area (Å²) in [5, 5.41) is 3.39. The molecule has 0 fully saturated rings. The lowest BCUT2D eigenvalue weighted by Gasteiger charge is -2.27. The highest BCUT2D eigenvalue weighted by atomic mass is 35.5. The summed E-state index contributed by atoms with van der Waals surface area (Å²) in [7, 11) is 1.55. The van der Waals surface area contributed by atoms with Gasteiger partial charge in [0.1, 0.15) is 5.00 Å². The van der Waals surface area contributed by atoms with Crippen LogP contribution in [-0.4, -0.2) is 43.6 Å². The van der Waals surface area contributed by atoms with E-state index in [0.717, 1.165) is 36.5 Å². The van der Waals surface area contributed by atoms with Crippen molar-refractivity contribution in [2.75, 3.05) is 32.2 Å². The first kappa shape index (κ1) is 26.5. The van der Waals surface area contributed by atoms with Crippen LogP contribution < -0.4 is 14.8 Å². The second-order valence-corrected chi connectivity index (χ2v) is 8.97. The van der Waals surface area contributed by atoms with Gasteiger partial charge in [0.15, 0.2) is 18.1 Å². The number of fused-ring (bicyclic) bond motifs is 1. The van der Waals surface area contributed by atoms with Crippen LogP contribution in [0, 0.1) is 0 Å². The fraction of sp³-hybridized carbons (Fsp3) is 0.308. The number of amides is 1.